The molecule has 24 heavy (non-hydrogen) atoms. The molecule has 0 radical (unpaired) electrons. The maximum absolute atomic E-state index is 10.2. The molecule has 0 saturated heterocycles. The Labute approximate surface area is 152 Å². The third-order valence-corrected chi connectivity index (χ3v) is 4.02. The van der Waals surface area contributed by atoms with Crippen LogP contribution in [0.3, 0.4) is 0 Å². The molecule has 2 rings (SSSR count). The second-order valence-electron chi connectivity index (χ2n) is 5.55. The van der Waals surface area contributed by atoms with E-state index < -0.39 is 6.10 Å². The van der Waals surface area contributed by atoms with Crippen molar-refractivity contribution < 1.29 is 14.6 Å². The predicted molar refractivity (Wildman–Crippen MR) is 97.3 cm³/mol. The summed E-state index contributed by atoms with van der Waals surface area (Å²) in [6.45, 7) is 1.22. The summed E-state index contributed by atoms with van der Waals surface area (Å²) in [5.74, 6) is 1.34. The van der Waals surface area contributed by atoms with E-state index in [-0.39, 0.29) is 6.61 Å². The number of methoxy groups -OCH3 is 1. The van der Waals surface area contributed by atoms with Gasteiger partial charge in [0.2, 0.25) is 0 Å². The molecule has 0 heterocycles. The Morgan fingerprint density at radius 3 is 2.58 bits per heavy atom. The van der Waals surface area contributed by atoms with E-state index >= 15 is 0 Å². The van der Waals surface area contributed by atoms with Gasteiger partial charge in [-0.1, -0.05) is 35.3 Å². The highest BCUT2D eigenvalue weighted by Crippen LogP contribution is 2.24. The van der Waals surface area contributed by atoms with Crippen LogP contribution in [0.1, 0.15) is 5.56 Å². The Morgan fingerprint density at radius 2 is 1.88 bits per heavy atom. The van der Waals surface area contributed by atoms with Gasteiger partial charge in [-0.25, -0.2) is 0 Å². The minimum absolute atomic E-state index is 0.167. The number of nitrogens with zero attached hydrogens (tertiary/aromatic N) is 1. The van der Waals surface area contributed by atoms with Crippen molar-refractivity contribution in [1.29, 1.82) is 0 Å². The fraction of sp³-hybridized carbons (Fsp3) is 0.333. The largest absolute Gasteiger partial charge is 0.496 e. The second-order valence-corrected chi connectivity index (χ2v) is 6.39. The van der Waals surface area contributed by atoms with E-state index in [0.717, 1.165) is 11.3 Å². The molecule has 0 bridgehead atoms. The smallest absolute Gasteiger partial charge is 0.138 e. The van der Waals surface area contributed by atoms with E-state index in [0.29, 0.717) is 28.9 Å². The van der Waals surface area contributed by atoms with Gasteiger partial charge in [-0.05, 0) is 37.4 Å². The van der Waals surface area contributed by atoms with Crippen LogP contribution in [0.4, 0.5) is 0 Å². The molecule has 0 fully saturated rings. The Bertz CT molecular complexity index is 666. The van der Waals surface area contributed by atoms with Crippen molar-refractivity contribution in [2.24, 2.45) is 0 Å². The van der Waals surface area contributed by atoms with Gasteiger partial charge in [-0.15, -0.1) is 0 Å². The van der Waals surface area contributed by atoms with Gasteiger partial charge >= 0.3 is 0 Å². The van der Waals surface area contributed by atoms with Gasteiger partial charge in [0.15, 0.2) is 0 Å². The van der Waals surface area contributed by atoms with E-state index in [1.165, 1.54) is 0 Å². The van der Waals surface area contributed by atoms with E-state index in [4.69, 9.17) is 32.7 Å². The maximum Gasteiger partial charge on any atom is 0.138 e. The SMILES string of the molecule is COc1ccc(Cl)cc1CN(C)CC(O)COc1ccccc1Cl. The third-order valence-electron chi connectivity index (χ3n) is 3.47. The highest BCUT2D eigenvalue weighted by molar-refractivity contribution is 6.32. The van der Waals surface area contributed by atoms with Crippen molar-refractivity contribution in [1.82, 2.24) is 4.90 Å². The van der Waals surface area contributed by atoms with Gasteiger partial charge < -0.3 is 14.6 Å². The zero-order chi connectivity index (χ0) is 17.5. The van der Waals surface area contributed by atoms with Gasteiger partial charge in [0.25, 0.3) is 0 Å². The summed E-state index contributed by atoms with van der Waals surface area (Å²) in [5.41, 5.74) is 0.965. The lowest BCUT2D eigenvalue weighted by atomic mass is 10.2. The van der Waals surface area contributed by atoms with Crippen molar-refractivity contribution in [2.75, 3.05) is 27.3 Å². The molecule has 0 aliphatic rings. The summed E-state index contributed by atoms with van der Waals surface area (Å²) < 4.78 is 10.9. The first-order chi connectivity index (χ1) is 11.5. The molecular formula is C18H21Cl2NO3. The number of aliphatic hydroxyl groups excluding tert-OH is 1. The number of halogens is 2. The number of aliphatic hydroxyl groups is 1. The summed E-state index contributed by atoms with van der Waals surface area (Å²) in [6, 6.07) is 12.7. The lowest BCUT2D eigenvalue weighted by molar-refractivity contribution is 0.0742. The number of hydrogen-bond donors (Lipinski definition) is 1. The van der Waals surface area contributed by atoms with Crippen LogP contribution in [0.5, 0.6) is 11.5 Å². The van der Waals surface area contributed by atoms with Gasteiger partial charge in [0, 0.05) is 23.7 Å². The van der Waals surface area contributed by atoms with E-state index in [2.05, 4.69) is 0 Å². The fourth-order valence-electron chi connectivity index (χ4n) is 2.39. The van der Waals surface area contributed by atoms with Gasteiger partial charge in [-0.3, -0.25) is 4.90 Å². The van der Waals surface area contributed by atoms with Crippen LogP contribution in [-0.4, -0.2) is 43.4 Å². The number of rotatable bonds is 8. The first-order valence-corrected chi connectivity index (χ1v) is 8.31. The standard InChI is InChI=1S/C18H21Cl2NO3/c1-21(10-13-9-14(19)7-8-17(13)23-2)11-15(22)12-24-18-6-4-3-5-16(18)20/h3-9,15,22H,10-12H2,1-2H3. The summed E-state index contributed by atoms with van der Waals surface area (Å²) in [4.78, 5) is 1.98. The number of hydrogen-bond acceptors (Lipinski definition) is 4. The first kappa shape index (κ1) is 18.9. The lowest BCUT2D eigenvalue weighted by Gasteiger charge is -2.22. The van der Waals surface area contributed by atoms with E-state index in [1.54, 1.807) is 25.3 Å². The second kappa shape index (κ2) is 9.14. The maximum atomic E-state index is 10.2. The molecule has 2 aromatic rings. The average molecular weight is 370 g/mol. The van der Waals surface area contributed by atoms with Crippen LogP contribution in [0, 0.1) is 0 Å². The van der Waals surface area contributed by atoms with E-state index in [9.17, 15) is 5.11 Å². The Hall–Kier alpha value is -1.46. The highest BCUT2D eigenvalue weighted by Gasteiger charge is 2.13. The average Bonchev–Trinajstić information content (AvgIpc) is 2.54. The number of likely N-dealkylation sites (N-methyl/N-ethyl adjacent to an activating group) is 1. The summed E-state index contributed by atoms with van der Waals surface area (Å²) >= 11 is 12.1. The van der Waals surface area contributed by atoms with Crippen molar-refractivity contribution in [3.05, 3.63) is 58.1 Å². The molecule has 1 atom stereocenters. The number of benzene rings is 2. The first-order valence-electron chi connectivity index (χ1n) is 7.56. The molecule has 4 nitrogen and oxygen atoms in total. The van der Waals surface area contributed by atoms with Crippen LogP contribution < -0.4 is 9.47 Å². The molecule has 0 saturated carbocycles. The van der Waals surface area contributed by atoms with Crippen molar-refractivity contribution in [3.63, 3.8) is 0 Å². The van der Waals surface area contributed by atoms with E-state index in [1.807, 2.05) is 36.2 Å². The van der Waals surface area contributed by atoms with Crippen LogP contribution in [0.15, 0.2) is 42.5 Å². The fourth-order valence-corrected chi connectivity index (χ4v) is 2.77. The molecule has 1 N–H and O–H groups in total. The van der Waals surface area contributed by atoms with Gasteiger partial charge in [0.05, 0.1) is 12.1 Å². The minimum Gasteiger partial charge on any atom is -0.496 e. The monoisotopic (exact) mass is 369 g/mol. The van der Waals surface area contributed by atoms with Gasteiger partial charge in [-0.2, -0.15) is 0 Å². The predicted octanol–water partition coefficient (Wildman–Crippen LogP) is 3.87. The number of ether oxygens (including phenoxy) is 2. The van der Waals surface area contributed by atoms with Crippen LogP contribution in [-0.2, 0) is 6.54 Å². The third kappa shape index (κ3) is 5.56. The Balaban J connectivity index is 1.87. The number of para-hydroxylation sites is 1. The minimum atomic E-state index is -0.642. The van der Waals surface area contributed by atoms with Gasteiger partial charge in [0.1, 0.15) is 24.2 Å². The molecule has 130 valence electrons. The van der Waals surface area contributed by atoms with Crippen LogP contribution >= 0.6 is 23.2 Å². The summed E-state index contributed by atoms with van der Waals surface area (Å²) in [7, 11) is 3.54. The molecule has 0 aromatic heterocycles. The highest BCUT2D eigenvalue weighted by atomic mass is 35.5. The summed E-state index contributed by atoms with van der Waals surface area (Å²) in [6.07, 6.45) is -0.642. The Morgan fingerprint density at radius 1 is 1.12 bits per heavy atom. The summed E-state index contributed by atoms with van der Waals surface area (Å²) in [5, 5.41) is 11.3. The zero-order valence-corrected chi connectivity index (χ0v) is 15.2. The molecule has 1 unspecified atom stereocenters. The van der Waals surface area contributed by atoms with Crippen molar-refractivity contribution in [2.45, 2.75) is 12.6 Å². The molecule has 0 aliphatic carbocycles. The normalized spacial score (nSPS) is 12.2. The molecule has 0 amide bonds. The lowest BCUT2D eigenvalue weighted by Crippen LogP contribution is -2.32. The molecule has 6 heteroatoms. The topological polar surface area (TPSA) is 41.9 Å². The van der Waals surface area contributed by atoms with Crippen molar-refractivity contribution in [3.8, 4) is 11.5 Å². The quantitative estimate of drug-likeness (QED) is 0.766. The molecular weight excluding hydrogens is 349 g/mol. The molecule has 2 aromatic carbocycles. The Kier molecular flexibility index (Phi) is 7.18. The molecule has 0 aliphatic heterocycles. The molecule has 0 spiro atoms. The zero-order valence-electron chi connectivity index (χ0n) is 13.7. The van der Waals surface area contributed by atoms with Crippen LogP contribution in [0.2, 0.25) is 10.0 Å². The van der Waals surface area contributed by atoms with Crippen LogP contribution in [0.25, 0.3) is 0 Å². The van der Waals surface area contributed by atoms with Crippen molar-refractivity contribution >= 4 is 23.2 Å².